The number of likely N-dealkylation sites (tertiary alicyclic amines) is 1. The Morgan fingerprint density at radius 2 is 1.70 bits per heavy atom. The van der Waals surface area contributed by atoms with Gasteiger partial charge in [0.25, 0.3) is 11.8 Å². The number of hydrogen-bond donors (Lipinski definition) is 2. The Balaban J connectivity index is 1.67. The van der Waals surface area contributed by atoms with E-state index in [9.17, 15) is 14.4 Å². The van der Waals surface area contributed by atoms with Crippen molar-refractivity contribution in [3.05, 3.63) is 77.3 Å². The molecule has 1 aliphatic rings. The third-order valence-electron chi connectivity index (χ3n) is 5.73. The van der Waals surface area contributed by atoms with Gasteiger partial charge in [-0.1, -0.05) is 17.7 Å². The molecule has 0 aliphatic carbocycles. The van der Waals surface area contributed by atoms with Gasteiger partial charge < -0.3 is 20.3 Å². The van der Waals surface area contributed by atoms with Crippen LogP contribution in [0.4, 0.5) is 0 Å². The van der Waals surface area contributed by atoms with Crippen molar-refractivity contribution in [3.8, 4) is 5.75 Å². The van der Waals surface area contributed by atoms with Crippen molar-refractivity contribution < 1.29 is 19.1 Å². The van der Waals surface area contributed by atoms with E-state index >= 15 is 0 Å². The first-order chi connectivity index (χ1) is 15.9. The molecule has 1 saturated heterocycles. The summed E-state index contributed by atoms with van der Waals surface area (Å²) >= 11 is 5.91. The molecule has 33 heavy (non-hydrogen) atoms. The van der Waals surface area contributed by atoms with Crippen LogP contribution in [0.2, 0.25) is 5.02 Å². The van der Waals surface area contributed by atoms with E-state index < -0.39 is 6.04 Å². The topological polar surface area (TPSA) is 87.7 Å². The summed E-state index contributed by atoms with van der Waals surface area (Å²) < 4.78 is 5.13. The van der Waals surface area contributed by atoms with Crippen molar-refractivity contribution in [2.75, 3.05) is 26.7 Å². The SMILES string of the molecule is C=CCNC(=O)[C@H](NC(=O)c1ccc(OC)cc1)C1CCN(C(=O)c2ccc(Cl)cc2)CC1. The highest BCUT2D eigenvalue weighted by atomic mass is 35.5. The van der Waals surface area contributed by atoms with E-state index in [-0.39, 0.29) is 23.6 Å². The lowest BCUT2D eigenvalue weighted by atomic mass is 9.88. The number of nitrogens with one attached hydrogen (secondary N) is 2. The van der Waals surface area contributed by atoms with Crippen LogP contribution in [0, 0.1) is 5.92 Å². The van der Waals surface area contributed by atoms with Gasteiger partial charge in [0.2, 0.25) is 5.91 Å². The van der Waals surface area contributed by atoms with Crippen LogP contribution in [-0.4, -0.2) is 55.4 Å². The van der Waals surface area contributed by atoms with Gasteiger partial charge in [0.1, 0.15) is 11.8 Å². The van der Waals surface area contributed by atoms with Gasteiger partial charge in [-0.2, -0.15) is 0 Å². The second-order valence-corrected chi connectivity index (χ2v) is 8.29. The summed E-state index contributed by atoms with van der Waals surface area (Å²) in [5.74, 6) is -0.133. The molecule has 1 heterocycles. The molecule has 3 amide bonds. The molecule has 0 bridgehead atoms. The molecule has 0 spiro atoms. The van der Waals surface area contributed by atoms with Gasteiger partial charge in [0.15, 0.2) is 0 Å². The second kappa shape index (κ2) is 11.5. The number of hydrogen-bond acceptors (Lipinski definition) is 4. The Morgan fingerprint density at radius 1 is 1.09 bits per heavy atom. The number of benzene rings is 2. The molecule has 7 nitrogen and oxygen atoms in total. The Kier molecular flexibility index (Phi) is 8.49. The summed E-state index contributed by atoms with van der Waals surface area (Å²) in [6, 6.07) is 12.8. The maximum absolute atomic E-state index is 12.9. The third-order valence-corrected chi connectivity index (χ3v) is 5.98. The van der Waals surface area contributed by atoms with E-state index in [0.29, 0.717) is 54.4 Å². The zero-order valence-corrected chi connectivity index (χ0v) is 19.3. The monoisotopic (exact) mass is 469 g/mol. The molecule has 1 atom stereocenters. The van der Waals surface area contributed by atoms with Gasteiger partial charge in [0.05, 0.1) is 7.11 Å². The van der Waals surface area contributed by atoms with Crippen LogP contribution in [0.25, 0.3) is 0 Å². The molecule has 1 aliphatic heterocycles. The minimum atomic E-state index is -0.715. The van der Waals surface area contributed by atoms with Crippen LogP contribution in [0.5, 0.6) is 5.75 Å². The van der Waals surface area contributed by atoms with Gasteiger partial charge in [-0.05, 0) is 67.3 Å². The molecule has 174 valence electrons. The number of rotatable bonds is 8. The van der Waals surface area contributed by atoms with E-state index in [1.165, 1.54) is 0 Å². The predicted octanol–water partition coefficient (Wildman–Crippen LogP) is 3.30. The van der Waals surface area contributed by atoms with Gasteiger partial charge in [-0.25, -0.2) is 0 Å². The molecule has 0 aromatic heterocycles. The summed E-state index contributed by atoms with van der Waals surface area (Å²) in [7, 11) is 1.55. The number of halogens is 1. The maximum atomic E-state index is 12.9. The fourth-order valence-corrected chi connectivity index (χ4v) is 3.98. The first-order valence-electron chi connectivity index (χ1n) is 10.8. The number of piperidine rings is 1. The second-order valence-electron chi connectivity index (χ2n) is 7.85. The quantitative estimate of drug-likeness (QED) is 0.581. The minimum absolute atomic E-state index is 0.0694. The van der Waals surface area contributed by atoms with Crippen molar-refractivity contribution in [3.63, 3.8) is 0 Å². The van der Waals surface area contributed by atoms with E-state index in [1.54, 1.807) is 66.6 Å². The van der Waals surface area contributed by atoms with Crippen LogP contribution < -0.4 is 15.4 Å². The molecule has 0 radical (unpaired) electrons. The van der Waals surface area contributed by atoms with Crippen molar-refractivity contribution in [1.82, 2.24) is 15.5 Å². The highest BCUT2D eigenvalue weighted by molar-refractivity contribution is 6.30. The van der Waals surface area contributed by atoms with Crippen LogP contribution >= 0.6 is 11.6 Å². The Morgan fingerprint density at radius 3 is 2.27 bits per heavy atom. The standard InChI is InChI=1S/C25H28ClN3O4/c1-3-14-27-24(31)22(28-23(30)18-6-10-21(33-2)11-7-18)17-12-15-29(16-13-17)25(32)19-4-8-20(26)9-5-19/h3-11,17,22H,1,12-16H2,2H3,(H,27,31)(H,28,30)/t22-/m1/s1. The minimum Gasteiger partial charge on any atom is -0.497 e. The van der Waals surface area contributed by atoms with Crippen molar-refractivity contribution >= 4 is 29.3 Å². The average Bonchev–Trinajstić information content (AvgIpc) is 2.86. The van der Waals surface area contributed by atoms with Crippen molar-refractivity contribution in [2.45, 2.75) is 18.9 Å². The predicted molar refractivity (Wildman–Crippen MR) is 128 cm³/mol. The van der Waals surface area contributed by atoms with Crippen LogP contribution in [0.1, 0.15) is 33.6 Å². The fourth-order valence-electron chi connectivity index (χ4n) is 3.86. The highest BCUT2D eigenvalue weighted by Crippen LogP contribution is 2.23. The summed E-state index contributed by atoms with van der Waals surface area (Å²) in [6.45, 7) is 4.93. The van der Waals surface area contributed by atoms with E-state index in [2.05, 4.69) is 17.2 Å². The smallest absolute Gasteiger partial charge is 0.253 e. The van der Waals surface area contributed by atoms with E-state index in [1.807, 2.05) is 0 Å². The fraction of sp³-hybridized carbons (Fsp3) is 0.320. The number of carbonyl (C=O) groups excluding carboxylic acids is 3. The van der Waals surface area contributed by atoms with E-state index in [0.717, 1.165) is 0 Å². The maximum Gasteiger partial charge on any atom is 0.253 e. The Bertz CT molecular complexity index is 984. The van der Waals surface area contributed by atoms with Gasteiger partial charge in [0, 0.05) is 35.8 Å². The van der Waals surface area contributed by atoms with Gasteiger partial charge in [-0.3, -0.25) is 14.4 Å². The number of methoxy groups -OCH3 is 1. The first-order valence-corrected chi connectivity index (χ1v) is 11.2. The molecule has 0 saturated carbocycles. The van der Waals surface area contributed by atoms with Crippen LogP contribution in [0.15, 0.2) is 61.2 Å². The molecule has 1 fully saturated rings. The van der Waals surface area contributed by atoms with Crippen LogP contribution in [-0.2, 0) is 4.79 Å². The first kappa shape index (κ1) is 24.3. The summed E-state index contributed by atoms with van der Waals surface area (Å²) in [6.07, 6.45) is 2.77. The molecule has 2 N–H and O–H groups in total. The Labute approximate surface area is 198 Å². The molecular weight excluding hydrogens is 442 g/mol. The zero-order valence-electron chi connectivity index (χ0n) is 18.6. The molecular formula is C25H28ClN3O4. The number of ether oxygens (including phenoxy) is 1. The third kappa shape index (κ3) is 6.35. The molecule has 3 rings (SSSR count). The Hall–Kier alpha value is -3.32. The van der Waals surface area contributed by atoms with E-state index in [4.69, 9.17) is 16.3 Å². The lowest BCUT2D eigenvalue weighted by molar-refractivity contribution is -0.124. The number of carbonyl (C=O) groups is 3. The number of amides is 3. The van der Waals surface area contributed by atoms with Crippen LogP contribution in [0.3, 0.4) is 0 Å². The van der Waals surface area contributed by atoms with Gasteiger partial charge >= 0.3 is 0 Å². The van der Waals surface area contributed by atoms with Crippen molar-refractivity contribution in [1.29, 1.82) is 0 Å². The molecule has 0 unspecified atom stereocenters. The van der Waals surface area contributed by atoms with Gasteiger partial charge in [-0.15, -0.1) is 6.58 Å². The summed E-state index contributed by atoms with van der Waals surface area (Å²) in [5.41, 5.74) is 1.01. The molecule has 8 heteroatoms. The highest BCUT2D eigenvalue weighted by Gasteiger charge is 2.34. The zero-order chi connectivity index (χ0) is 23.8. The average molecular weight is 470 g/mol. The van der Waals surface area contributed by atoms with Crippen molar-refractivity contribution in [2.24, 2.45) is 5.92 Å². The largest absolute Gasteiger partial charge is 0.497 e. The molecule has 2 aromatic rings. The lowest BCUT2D eigenvalue weighted by Gasteiger charge is -2.35. The normalized spacial score (nSPS) is 14.8. The number of nitrogens with zero attached hydrogens (tertiary/aromatic N) is 1. The molecule has 2 aromatic carbocycles. The lowest BCUT2D eigenvalue weighted by Crippen LogP contribution is -2.53. The summed E-state index contributed by atoms with van der Waals surface area (Å²) in [5, 5.41) is 6.25. The summed E-state index contributed by atoms with van der Waals surface area (Å²) in [4.78, 5) is 40.2.